The first-order chi connectivity index (χ1) is 12.3. The molecule has 6 nitrogen and oxygen atoms in total. The smallest absolute Gasteiger partial charge is 0.267 e. The Bertz CT molecular complexity index is 965. The zero-order valence-electron chi connectivity index (χ0n) is 15.3. The van der Waals surface area contributed by atoms with Crippen LogP contribution < -0.4 is 10.6 Å². The number of anilines is 1. The van der Waals surface area contributed by atoms with Crippen molar-refractivity contribution in [2.75, 3.05) is 12.4 Å². The maximum absolute atomic E-state index is 12.7. The number of aromatic nitrogens is 2. The van der Waals surface area contributed by atoms with Crippen molar-refractivity contribution in [2.45, 2.75) is 32.7 Å². The van der Waals surface area contributed by atoms with Crippen molar-refractivity contribution >= 4 is 39.7 Å². The molecule has 3 aromatic rings. The second kappa shape index (κ2) is 6.92. The Balaban J connectivity index is 1.87. The van der Waals surface area contributed by atoms with Gasteiger partial charge in [0.25, 0.3) is 5.91 Å². The summed E-state index contributed by atoms with van der Waals surface area (Å²) in [7, 11) is 1.61. The first-order valence-corrected chi connectivity index (χ1v) is 9.22. The van der Waals surface area contributed by atoms with Crippen LogP contribution in [0.1, 0.15) is 36.1 Å². The van der Waals surface area contributed by atoms with Gasteiger partial charge in [0.2, 0.25) is 5.91 Å². The molecule has 26 heavy (non-hydrogen) atoms. The molecule has 0 fully saturated rings. The van der Waals surface area contributed by atoms with E-state index in [9.17, 15) is 9.59 Å². The highest BCUT2D eigenvalue weighted by Gasteiger charge is 2.25. The molecule has 0 aliphatic carbocycles. The van der Waals surface area contributed by atoms with Gasteiger partial charge < -0.3 is 15.2 Å². The Morgan fingerprint density at radius 1 is 1.23 bits per heavy atom. The van der Waals surface area contributed by atoms with Gasteiger partial charge in [0.1, 0.15) is 11.4 Å². The molecular formula is C19H22N4O2S. The number of fused-ring (bicyclic) bond motifs is 1. The first kappa shape index (κ1) is 18.1. The van der Waals surface area contributed by atoms with E-state index in [-0.39, 0.29) is 23.8 Å². The third kappa shape index (κ3) is 3.62. The number of benzene rings is 1. The number of carbonyl (C=O) groups excluding carboxylic acids is 2. The minimum atomic E-state index is -0.196. The van der Waals surface area contributed by atoms with Crippen LogP contribution in [-0.2, 0) is 16.8 Å². The average Bonchev–Trinajstić information content (AvgIpc) is 3.22. The molecule has 0 atom stereocenters. The average molecular weight is 370 g/mol. The quantitative estimate of drug-likeness (QED) is 0.739. The van der Waals surface area contributed by atoms with Crippen LogP contribution in [0.25, 0.3) is 10.9 Å². The first-order valence-electron chi connectivity index (χ1n) is 8.34. The second-order valence-corrected chi connectivity index (χ2v) is 7.98. The zero-order chi connectivity index (χ0) is 18.9. The summed E-state index contributed by atoms with van der Waals surface area (Å²) in [5, 5.41) is 6.58. The van der Waals surface area contributed by atoms with Gasteiger partial charge in [0, 0.05) is 24.3 Å². The Kier molecular flexibility index (Phi) is 4.82. The summed E-state index contributed by atoms with van der Waals surface area (Å²) >= 11 is 1.34. The molecular weight excluding hydrogens is 348 g/mol. The van der Waals surface area contributed by atoms with Crippen LogP contribution in [0.5, 0.6) is 0 Å². The van der Waals surface area contributed by atoms with E-state index in [1.54, 1.807) is 12.6 Å². The number of carbonyl (C=O) groups is 2. The fourth-order valence-corrected chi connectivity index (χ4v) is 3.65. The maximum atomic E-state index is 12.7. The van der Waals surface area contributed by atoms with Gasteiger partial charge in [0.05, 0.1) is 16.7 Å². The number of nitrogens with one attached hydrogen (secondary N) is 2. The number of likely N-dealkylation sites (N-methyl/N-ethyl adjacent to an activating group) is 1. The zero-order valence-corrected chi connectivity index (χ0v) is 16.1. The summed E-state index contributed by atoms with van der Waals surface area (Å²) in [6.45, 7) is 6.35. The number of thiazole rings is 1. The number of hydrogen-bond donors (Lipinski definition) is 2. The standard InChI is InChI=1S/C19H22N4O2S/c1-19(2,3)17-16(26-11-21-17)18(25)22-13-6-5-12-7-8-23(14(12)9-13)10-15(24)20-4/h5-9,11H,10H2,1-4H3,(H,20,24)(H,22,25). The van der Waals surface area contributed by atoms with Gasteiger partial charge in [-0.25, -0.2) is 4.98 Å². The lowest BCUT2D eigenvalue weighted by Gasteiger charge is -2.17. The molecule has 0 saturated heterocycles. The largest absolute Gasteiger partial charge is 0.358 e. The van der Waals surface area contributed by atoms with Crippen LogP contribution in [-0.4, -0.2) is 28.4 Å². The van der Waals surface area contributed by atoms with Crippen molar-refractivity contribution in [3.05, 3.63) is 46.5 Å². The fraction of sp³-hybridized carbons (Fsp3) is 0.316. The lowest BCUT2D eigenvalue weighted by molar-refractivity contribution is -0.121. The summed E-state index contributed by atoms with van der Waals surface area (Å²) in [5.74, 6) is -0.238. The molecule has 2 amide bonds. The summed E-state index contributed by atoms with van der Waals surface area (Å²) in [6.07, 6.45) is 1.87. The minimum Gasteiger partial charge on any atom is -0.358 e. The van der Waals surface area contributed by atoms with Crippen LogP contribution in [0.15, 0.2) is 36.0 Å². The lowest BCUT2D eigenvalue weighted by Crippen LogP contribution is -2.23. The van der Waals surface area contributed by atoms with Crippen molar-refractivity contribution < 1.29 is 9.59 Å². The molecule has 1 aromatic carbocycles. The third-order valence-corrected chi connectivity index (χ3v) is 4.93. The van der Waals surface area contributed by atoms with Crippen LogP contribution in [0.3, 0.4) is 0 Å². The maximum Gasteiger partial charge on any atom is 0.267 e. The second-order valence-electron chi connectivity index (χ2n) is 7.12. The molecule has 3 rings (SSSR count). The van der Waals surface area contributed by atoms with Gasteiger partial charge in [-0.2, -0.15) is 0 Å². The molecule has 136 valence electrons. The van der Waals surface area contributed by atoms with Crippen molar-refractivity contribution in [3.8, 4) is 0 Å². The molecule has 0 radical (unpaired) electrons. The Morgan fingerprint density at radius 3 is 2.69 bits per heavy atom. The third-order valence-electron chi connectivity index (χ3n) is 4.11. The van der Waals surface area contributed by atoms with Gasteiger partial charge >= 0.3 is 0 Å². The van der Waals surface area contributed by atoms with Crippen molar-refractivity contribution in [1.29, 1.82) is 0 Å². The van der Waals surface area contributed by atoms with Gasteiger partial charge in [-0.05, 0) is 23.6 Å². The molecule has 2 aromatic heterocycles. The highest BCUT2D eigenvalue weighted by Crippen LogP contribution is 2.28. The van der Waals surface area contributed by atoms with Crippen LogP contribution in [0, 0.1) is 0 Å². The number of rotatable bonds is 4. The SMILES string of the molecule is CNC(=O)Cn1ccc2ccc(NC(=O)c3scnc3C(C)(C)C)cc21. The number of amides is 2. The van der Waals surface area contributed by atoms with Crippen LogP contribution >= 0.6 is 11.3 Å². The van der Waals surface area contributed by atoms with Gasteiger partial charge in [-0.3, -0.25) is 9.59 Å². The van der Waals surface area contributed by atoms with E-state index in [4.69, 9.17) is 0 Å². The number of hydrogen-bond acceptors (Lipinski definition) is 4. The Labute approximate surface area is 156 Å². The molecule has 0 spiro atoms. The Hall–Kier alpha value is -2.67. The van der Waals surface area contributed by atoms with E-state index < -0.39 is 0 Å². The number of nitrogens with zero attached hydrogens (tertiary/aromatic N) is 2. The van der Waals surface area contributed by atoms with Gasteiger partial charge in [0.15, 0.2) is 0 Å². The summed E-state index contributed by atoms with van der Waals surface area (Å²) in [6, 6.07) is 7.63. The van der Waals surface area contributed by atoms with E-state index in [2.05, 4.69) is 15.6 Å². The molecule has 2 heterocycles. The molecule has 0 saturated carbocycles. The van der Waals surface area contributed by atoms with Crippen LogP contribution in [0.4, 0.5) is 5.69 Å². The fourth-order valence-electron chi connectivity index (χ4n) is 2.76. The molecule has 0 aliphatic heterocycles. The predicted octanol–water partition coefficient (Wildman–Crippen LogP) is 3.39. The molecule has 7 heteroatoms. The normalized spacial score (nSPS) is 11.5. The van der Waals surface area contributed by atoms with Crippen LogP contribution in [0.2, 0.25) is 0 Å². The van der Waals surface area contributed by atoms with Gasteiger partial charge in [-0.15, -0.1) is 11.3 Å². The summed E-state index contributed by atoms with van der Waals surface area (Å²) < 4.78 is 1.86. The molecule has 0 unspecified atom stereocenters. The van der Waals surface area contributed by atoms with E-state index >= 15 is 0 Å². The highest BCUT2D eigenvalue weighted by molar-refractivity contribution is 7.12. The highest BCUT2D eigenvalue weighted by atomic mass is 32.1. The lowest BCUT2D eigenvalue weighted by atomic mass is 9.91. The van der Waals surface area contributed by atoms with E-state index in [1.165, 1.54) is 11.3 Å². The van der Waals surface area contributed by atoms with Crippen molar-refractivity contribution in [1.82, 2.24) is 14.9 Å². The predicted molar refractivity (Wildman–Crippen MR) is 105 cm³/mol. The van der Waals surface area contributed by atoms with E-state index in [0.29, 0.717) is 10.6 Å². The van der Waals surface area contributed by atoms with Gasteiger partial charge in [-0.1, -0.05) is 26.8 Å². The monoisotopic (exact) mass is 370 g/mol. The summed E-state index contributed by atoms with van der Waals surface area (Å²) in [4.78, 5) is 29.4. The molecule has 2 N–H and O–H groups in total. The Morgan fingerprint density at radius 2 is 2.00 bits per heavy atom. The van der Waals surface area contributed by atoms with E-state index in [1.807, 2.05) is 55.8 Å². The minimum absolute atomic E-state index is 0.0728. The molecule has 0 aliphatic rings. The topological polar surface area (TPSA) is 76.0 Å². The van der Waals surface area contributed by atoms with E-state index in [0.717, 1.165) is 16.6 Å². The summed E-state index contributed by atoms with van der Waals surface area (Å²) in [5.41, 5.74) is 3.88. The molecule has 0 bridgehead atoms. The van der Waals surface area contributed by atoms with Crippen molar-refractivity contribution in [2.24, 2.45) is 0 Å². The van der Waals surface area contributed by atoms with Crippen molar-refractivity contribution in [3.63, 3.8) is 0 Å².